The van der Waals surface area contributed by atoms with Gasteiger partial charge in [0.25, 0.3) is 5.82 Å². The van der Waals surface area contributed by atoms with Crippen LogP contribution in [-0.2, 0) is 4.74 Å². The predicted octanol–water partition coefficient (Wildman–Crippen LogP) is 2.50. The number of aromatic carboxylic acids is 1. The van der Waals surface area contributed by atoms with Crippen molar-refractivity contribution in [1.29, 1.82) is 0 Å². The average Bonchev–Trinajstić information content (AvgIpc) is 3.13. The van der Waals surface area contributed by atoms with Crippen LogP contribution in [0.25, 0.3) is 11.4 Å². The standard InChI is InChI=1S/C19H16N4O5/c1-2-28-19(27)15-21-17-11-5-3-4-6-13(11)20-16(23(17)22-15)10-7-8-14(24)12(9-10)18(25)26/h3-9,16,20,24H,2H2,1H3,(H,25,26). The van der Waals surface area contributed by atoms with Gasteiger partial charge in [-0.05, 0) is 36.8 Å². The number of hydrogen-bond acceptors (Lipinski definition) is 7. The Bertz CT molecular complexity index is 1090. The van der Waals surface area contributed by atoms with Gasteiger partial charge in [0.15, 0.2) is 5.82 Å². The van der Waals surface area contributed by atoms with Crippen LogP contribution >= 0.6 is 0 Å². The van der Waals surface area contributed by atoms with E-state index < -0.39 is 18.1 Å². The first-order chi connectivity index (χ1) is 13.5. The van der Waals surface area contributed by atoms with Gasteiger partial charge in [-0.25, -0.2) is 19.3 Å². The predicted molar refractivity (Wildman–Crippen MR) is 98.2 cm³/mol. The zero-order valence-corrected chi connectivity index (χ0v) is 14.8. The molecule has 4 rings (SSSR count). The van der Waals surface area contributed by atoms with Gasteiger partial charge >= 0.3 is 11.9 Å². The number of rotatable bonds is 4. The molecule has 142 valence electrons. The minimum atomic E-state index is -1.25. The van der Waals surface area contributed by atoms with Crippen LogP contribution in [0.4, 0.5) is 5.69 Å². The number of nitrogens with zero attached hydrogens (tertiary/aromatic N) is 3. The molecule has 0 bridgehead atoms. The van der Waals surface area contributed by atoms with Gasteiger partial charge in [0.1, 0.15) is 17.5 Å². The van der Waals surface area contributed by atoms with Gasteiger partial charge in [0.05, 0.1) is 6.61 Å². The highest BCUT2D eigenvalue weighted by Gasteiger charge is 2.30. The molecule has 3 aromatic rings. The Kier molecular flexibility index (Phi) is 4.19. The summed E-state index contributed by atoms with van der Waals surface area (Å²) in [6, 6.07) is 11.6. The second kappa shape index (κ2) is 6.69. The molecule has 0 radical (unpaired) electrons. The van der Waals surface area contributed by atoms with Crippen molar-refractivity contribution in [2.75, 3.05) is 11.9 Å². The van der Waals surface area contributed by atoms with Crippen LogP contribution in [-0.4, -0.2) is 43.5 Å². The maximum Gasteiger partial charge on any atom is 0.378 e. The number of anilines is 1. The van der Waals surface area contributed by atoms with Gasteiger partial charge < -0.3 is 20.3 Å². The summed E-state index contributed by atoms with van der Waals surface area (Å²) in [6.07, 6.45) is -0.626. The fraction of sp³-hybridized carbons (Fsp3) is 0.158. The highest BCUT2D eigenvalue weighted by Crippen LogP contribution is 2.37. The SMILES string of the molecule is CCOC(=O)c1nc2n(n1)C(c1ccc(O)c(C(=O)O)c1)Nc1ccccc1-2. The van der Waals surface area contributed by atoms with Gasteiger partial charge in [0.2, 0.25) is 0 Å². The van der Waals surface area contributed by atoms with Crippen molar-refractivity contribution in [2.45, 2.75) is 13.1 Å². The summed E-state index contributed by atoms with van der Waals surface area (Å²) in [5.74, 6) is -1.86. The summed E-state index contributed by atoms with van der Waals surface area (Å²) < 4.78 is 6.50. The lowest BCUT2D eigenvalue weighted by molar-refractivity contribution is 0.0511. The number of hydrogen-bond donors (Lipinski definition) is 3. The van der Waals surface area contributed by atoms with Crippen LogP contribution in [0.5, 0.6) is 5.75 Å². The van der Waals surface area contributed by atoms with E-state index in [9.17, 15) is 19.8 Å². The number of nitrogens with one attached hydrogen (secondary N) is 1. The van der Waals surface area contributed by atoms with Crippen LogP contribution in [0.1, 0.15) is 39.6 Å². The van der Waals surface area contributed by atoms with Crippen molar-refractivity contribution < 1.29 is 24.5 Å². The van der Waals surface area contributed by atoms with E-state index in [0.29, 0.717) is 11.4 Å². The third-order valence-electron chi connectivity index (χ3n) is 4.36. The van der Waals surface area contributed by atoms with E-state index in [4.69, 9.17) is 4.74 Å². The van der Waals surface area contributed by atoms with Crippen molar-refractivity contribution in [3.05, 3.63) is 59.4 Å². The van der Waals surface area contributed by atoms with E-state index >= 15 is 0 Å². The van der Waals surface area contributed by atoms with E-state index in [1.54, 1.807) is 13.0 Å². The zero-order chi connectivity index (χ0) is 19.8. The van der Waals surface area contributed by atoms with Crippen LogP contribution in [0.15, 0.2) is 42.5 Å². The number of benzene rings is 2. The quantitative estimate of drug-likeness (QED) is 0.589. The molecule has 0 spiro atoms. The lowest BCUT2D eigenvalue weighted by atomic mass is 10.0. The zero-order valence-electron chi connectivity index (χ0n) is 14.8. The molecule has 0 aliphatic carbocycles. The topological polar surface area (TPSA) is 127 Å². The van der Waals surface area contributed by atoms with Crippen molar-refractivity contribution in [1.82, 2.24) is 14.8 Å². The molecule has 0 saturated carbocycles. The summed E-state index contributed by atoms with van der Waals surface area (Å²) in [4.78, 5) is 27.8. The number of para-hydroxylation sites is 1. The van der Waals surface area contributed by atoms with Gasteiger partial charge in [0, 0.05) is 11.3 Å². The van der Waals surface area contributed by atoms with Crippen LogP contribution in [0, 0.1) is 0 Å². The van der Waals surface area contributed by atoms with Gasteiger partial charge in [-0.2, -0.15) is 0 Å². The van der Waals surface area contributed by atoms with Crippen molar-refractivity contribution in [3.8, 4) is 17.1 Å². The Hall–Kier alpha value is -3.88. The number of aromatic hydroxyl groups is 1. The van der Waals surface area contributed by atoms with Crippen LogP contribution < -0.4 is 5.32 Å². The van der Waals surface area contributed by atoms with Gasteiger partial charge in [-0.1, -0.05) is 18.2 Å². The first-order valence-electron chi connectivity index (χ1n) is 8.55. The fourth-order valence-corrected chi connectivity index (χ4v) is 3.10. The molecule has 0 amide bonds. The Morgan fingerprint density at radius 3 is 2.79 bits per heavy atom. The Morgan fingerprint density at radius 2 is 2.04 bits per heavy atom. The summed E-state index contributed by atoms with van der Waals surface area (Å²) in [5, 5.41) is 26.7. The lowest BCUT2D eigenvalue weighted by Crippen LogP contribution is -2.26. The number of ether oxygens (including phenoxy) is 1. The van der Waals surface area contributed by atoms with Gasteiger partial charge in [-0.15, -0.1) is 5.10 Å². The number of esters is 1. The molecule has 0 fully saturated rings. The number of carbonyl (C=O) groups is 2. The third-order valence-corrected chi connectivity index (χ3v) is 4.36. The molecule has 28 heavy (non-hydrogen) atoms. The van der Waals surface area contributed by atoms with Crippen LogP contribution in [0.2, 0.25) is 0 Å². The lowest BCUT2D eigenvalue weighted by Gasteiger charge is -2.28. The van der Waals surface area contributed by atoms with Crippen molar-refractivity contribution >= 4 is 17.6 Å². The van der Waals surface area contributed by atoms with Crippen LogP contribution in [0.3, 0.4) is 0 Å². The molecule has 9 heteroatoms. The number of phenols is 1. The summed E-state index contributed by atoms with van der Waals surface area (Å²) >= 11 is 0. The molecule has 2 aromatic carbocycles. The van der Waals surface area contributed by atoms with E-state index in [-0.39, 0.29) is 23.7 Å². The normalized spacial score (nSPS) is 14.5. The number of fused-ring (bicyclic) bond motifs is 3. The van der Waals surface area contributed by atoms with Crippen molar-refractivity contribution in [3.63, 3.8) is 0 Å². The molecule has 1 aromatic heterocycles. The first-order valence-corrected chi connectivity index (χ1v) is 8.55. The van der Waals surface area contributed by atoms with Crippen molar-refractivity contribution in [2.24, 2.45) is 0 Å². The minimum Gasteiger partial charge on any atom is -0.507 e. The largest absolute Gasteiger partial charge is 0.507 e. The molecule has 3 N–H and O–H groups in total. The smallest absolute Gasteiger partial charge is 0.378 e. The average molecular weight is 380 g/mol. The summed E-state index contributed by atoms with van der Waals surface area (Å²) in [5.41, 5.74) is 1.81. The molecule has 2 heterocycles. The molecule has 0 saturated heterocycles. The highest BCUT2D eigenvalue weighted by atomic mass is 16.5. The summed E-state index contributed by atoms with van der Waals surface area (Å²) in [6.45, 7) is 1.89. The first kappa shape index (κ1) is 17.5. The molecule has 9 nitrogen and oxygen atoms in total. The molecular weight excluding hydrogens is 364 g/mol. The number of carbonyl (C=O) groups excluding carboxylic acids is 1. The maximum atomic E-state index is 12.1. The number of aromatic nitrogens is 3. The highest BCUT2D eigenvalue weighted by molar-refractivity contribution is 5.91. The molecule has 1 atom stereocenters. The monoisotopic (exact) mass is 380 g/mol. The Morgan fingerprint density at radius 1 is 1.25 bits per heavy atom. The van der Waals surface area contributed by atoms with E-state index in [1.807, 2.05) is 24.3 Å². The summed E-state index contributed by atoms with van der Waals surface area (Å²) in [7, 11) is 0. The third kappa shape index (κ3) is 2.82. The van der Waals surface area contributed by atoms with E-state index in [2.05, 4.69) is 15.4 Å². The Balaban J connectivity index is 1.86. The molecular formula is C19H16N4O5. The van der Waals surface area contributed by atoms with E-state index in [0.717, 1.165) is 11.3 Å². The minimum absolute atomic E-state index is 0.0856. The number of carboxylic acid groups (broad SMARTS) is 1. The fourth-order valence-electron chi connectivity index (χ4n) is 3.10. The molecule has 1 aliphatic rings. The van der Waals surface area contributed by atoms with E-state index in [1.165, 1.54) is 16.8 Å². The molecule has 1 aliphatic heterocycles. The van der Waals surface area contributed by atoms with Gasteiger partial charge in [-0.3, -0.25) is 0 Å². The Labute approximate surface area is 159 Å². The number of carboxylic acids is 1. The second-order valence-corrected chi connectivity index (χ2v) is 6.10. The maximum absolute atomic E-state index is 12.1. The molecule has 1 unspecified atom stereocenters. The second-order valence-electron chi connectivity index (χ2n) is 6.10.